The van der Waals surface area contributed by atoms with Crippen LogP contribution in [0.15, 0.2) is 35.8 Å². The van der Waals surface area contributed by atoms with Crippen LogP contribution in [0.1, 0.15) is 45.4 Å². The monoisotopic (exact) mass is 319 g/mol. The molecule has 0 aromatic carbocycles. The molecular weight excluding hydrogens is 286 g/mol. The van der Waals surface area contributed by atoms with Crippen molar-refractivity contribution in [2.45, 2.75) is 51.5 Å². The molecule has 0 fully saturated rings. The van der Waals surface area contributed by atoms with Crippen LogP contribution in [-0.4, -0.2) is 38.8 Å². The van der Waals surface area contributed by atoms with Crippen LogP contribution in [0.4, 0.5) is 0 Å². The molecule has 0 aromatic rings. The van der Waals surface area contributed by atoms with Crippen molar-refractivity contribution in [2.24, 2.45) is 0 Å². The molecule has 2 rings (SSSR count). The number of allylic oxidation sites excluding steroid dienone is 1. The molecule has 4 heteroatoms. The third kappa shape index (κ3) is 6.40. The highest BCUT2D eigenvalue weighted by molar-refractivity contribution is 5.25. The Morgan fingerprint density at radius 1 is 1.30 bits per heavy atom. The van der Waals surface area contributed by atoms with Crippen molar-refractivity contribution >= 4 is 0 Å². The minimum Gasteiger partial charge on any atom is -0.498 e. The molecule has 2 aliphatic rings. The fourth-order valence-corrected chi connectivity index (χ4v) is 3.13. The summed E-state index contributed by atoms with van der Waals surface area (Å²) in [6, 6.07) is 0.298. The van der Waals surface area contributed by atoms with Gasteiger partial charge in [-0.05, 0) is 44.8 Å². The highest BCUT2D eigenvalue weighted by Gasteiger charge is 2.19. The lowest BCUT2D eigenvalue weighted by Gasteiger charge is -2.28. The lowest BCUT2D eigenvalue weighted by atomic mass is 9.96. The van der Waals surface area contributed by atoms with E-state index in [-0.39, 0.29) is 0 Å². The van der Waals surface area contributed by atoms with Crippen LogP contribution in [0.2, 0.25) is 0 Å². The van der Waals surface area contributed by atoms with E-state index in [4.69, 9.17) is 4.74 Å². The predicted molar refractivity (Wildman–Crippen MR) is 97.3 cm³/mol. The van der Waals surface area contributed by atoms with Gasteiger partial charge in [-0.3, -0.25) is 0 Å². The highest BCUT2D eigenvalue weighted by Crippen LogP contribution is 2.21. The van der Waals surface area contributed by atoms with E-state index in [1.54, 1.807) is 0 Å². The van der Waals surface area contributed by atoms with Gasteiger partial charge >= 0.3 is 0 Å². The first-order valence-electron chi connectivity index (χ1n) is 9.18. The maximum Gasteiger partial charge on any atom is 0.0921 e. The van der Waals surface area contributed by atoms with Crippen LogP contribution in [0.25, 0.3) is 0 Å². The zero-order valence-electron chi connectivity index (χ0n) is 14.6. The smallest absolute Gasteiger partial charge is 0.0921 e. The first-order chi connectivity index (χ1) is 11.3. The van der Waals surface area contributed by atoms with Crippen LogP contribution in [-0.2, 0) is 4.74 Å². The van der Waals surface area contributed by atoms with Gasteiger partial charge in [-0.15, -0.1) is 0 Å². The second-order valence-electron chi connectivity index (χ2n) is 6.29. The molecule has 0 spiro atoms. The molecule has 0 saturated carbocycles. The molecule has 130 valence electrons. The molecule has 0 aliphatic carbocycles. The Morgan fingerprint density at radius 2 is 2.22 bits per heavy atom. The van der Waals surface area contributed by atoms with Gasteiger partial charge in [-0.25, -0.2) is 0 Å². The van der Waals surface area contributed by atoms with E-state index >= 15 is 0 Å². The van der Waals surface area contributed by atoms with Gasteiger partial charge in [0.15, 0.2) is 0 Å². The number of likely N-dealkylation sites (N-methyl/N-ethyl adjacent to an activating group) is 1. The van der Waals surface area contributed by atoms with Crippen molar-refractivity contribution < 1.29 is 4.74 Å². The van der Waals surface area contributed by atoms with Gasteiger partial charge in [0.25, 0.3) is 0 Å². The second-order valence-corrected chi connectivity index (χ2v) is 6.29. The first kappa shape index (κ1) is 18.1. The minimum atomic E-state index is 0.298. The summed E-state index contributed by atoms with van der Waals surface area (Å²) in [4.78, 5) is 0. The van der Waals surface area contributed by atoms with Gasteiger partial charge in [0, 0.05) is 31.6 Å². The molecule has 0 amide bonds. The SMILES string of the molecule is C=C(CCCCC1=CCCO1)C1NCCC=C1NCCNCC. The topological polar surface area (TPSA) is 45.3 Å². The van der Waals surface area contributed by atoms with E-state index in [0.29, 0.717) is 6.04 Å². The lowest BCUT2D eigenvalue weighted by Crippen LogP contribution is -2.42. The van der Waals surface area contributed by atoms with Crippen LogP contribution in [0.3, 0.4) is 0 Å². The third-order valence-corrected chi connectivity index (χ3v) is 4.41. The Hall–Kier alpha value is -1.26. The normalized spacial score (nSPS) is 20.7. The Labute approximate surface area is 141 Å². The Balaban J connectivity index is 1.68. The molecule has 2 heterocycles. The fourth-order valence-electron chi connectivity index (χ4n) is 3.13. The van der Waals surface area contributed by atoms with Gasteiger partial charge in [0.2, 0.25) is 0 Å². The number of ether oxygens (including phenoxy) is 1. The molecule has 3 N–H and O–H groups in total. The van der Waals surface area contributed by atoms with Crippen LogP contribution in [0.5, 0.6) is 0 Å². The molecule has 1 atom stereocenters. The predicted octanol–water partition coefficient (Wildman–Crippen LogP) is 2.85. The summed E-state index contributed by atoms with van der Waals surface area (Å²) >= 11 is 0. The summed E-state index contributed by atoms with van der Waals surface area (Å²) in [5.74, 6) is 1.19. The van der Waals surface area contributed by atoms with E-state index in [1.165, 1.54) is 29.9 Å². The Kier molecular flexibility index (Phi) is 8.26. The fraction of sp³-hybridized carbons (Fsp3) is 0.684. The highest BCUT2D eigenvalue weighted by atomic mass is 16.5. The number of unbranched alkanes of at least 4 members (excludes halogenated alkanes) is 1. The van der Waals surface area contributed by atoms with Gasteiger partial charge < -0.3 is 20.7 Å². The molecule has 0 saturated heterocycles. The largest absolute Gasteiger partial charge is 0.498 e. The number of nitrogens with one attached hydrogen (secondary N) is 3. The van der Waals surface area contributed by atoms with Crippen molar-refractivity contribution in [3.8, 4) is 0 Å². The number of hydrogen-bond donors (Lipinski definition) is 3. The van der Waals surface area contributed by atoms with Crippen LogP contribution in [0, 0.1) is 0 Å². The Bertz CT molecular complexity index is 428. The minimum absolute atomic E-state index is 0.298. The van der Waals surface area contributed by atoms with Gasteiger partial charge in [-0.1, -0.05) is 25.2 Å². The maximum atomic E-state index is 5.56. The van der Waals surface area contributed by atoms with Crippen molar-refractivity contribution in [2.75, 3.05) is 32.8 Å². The number of rotatable bonds is 11. The molecule has 1 unspecified atom stereocenters. The van der Waals surface area contributed by atoms with Gasteiger partial charge in [0.05, 0.1) is 18.4 Å². The number of hydrogen-bond acceptors (Lipinski definition) is 4. The quantitative estimate of drug-likeness (QED) is 0.405. The summed E-state index contributed by atoms with van der Waals surface area (Å²) in [5.41, 5.74) is 2.61. The van der Waals surface area contributed by atoms with E-state index in [2.05, 4.69) is 41.6 Å². The average molecular weight is 319 g/mol. The Morgan fingerprint density at radius 3 is 3.00 bits per heavy atom. The van der Waals surface area contributed by atoms with E-state index in [9.17, 15) is 0 Å². The van der Waals surface area contributed by atoms with Crippen LogP contribution < -0.4 is 16.0 Å². The summed E-state index contributed by atoms with van der Waals surface area (Å²) in [6.07, 6.45) is 11.3. The lowest BCUT2D eigenvalue weighted by molar-refractivity contribution is 0.232. The molecular formula is C19H33N3O. The molecule has 0 bridgehead atoms. The average Bonchev–Trinajstić information content (AvgIpc) is 3.09. The van der Waals surface area contributed by atoms with Crippen LogP contribution >= 0.6 is 0 Å². The third-order valence-electron chi connectivity index (χ3n) is 4.41. The molecule has 2 aliphatic heterocycles. The second kappa shape index (κ2) is 10.5. The summed E-state index contributed by atoms with van der Waals surface area (Å²) in [5, 5.41) is 10.5. The zero-order chi connectivity index (χ0) is 16.3. The zero-order valence-corrected chi connectivity index (χ0v) is 14.6. The molecule has 0 aromatic heterocycles. The van der Waals surface area contributed by atoms with Gasteiger partial charge in [-0.2, -0.15) is 0 Å². The van der Waals surface area contributed by atoms with Crippen molar-refractivity contribution in [3.05, 3.63) is 35.8 Å². The summed E-state index contributed by atoms with van der Waals surface area (Å²) < 4.78 is 5.56. The van der Waals surface area contributed by atoms with Crippen molar-refractivity contribution in [1.29, 1.82) is 0 Å². The first-order valence-corrected chi connectivity index (χ1v) is 9.18. The molecule has 0 radical (unpaired) electrons. The van der Waals surface area contributed by atoms with E-state index in [1.807, 2.05) is 0 Å². The van der Waals surface area contributed by atoms with E-state index < -0.39 is 0 Å². The molecule has 4 nitrogen and oxygen atoms in total. The van der Waals surface area contributed by atoms with E-state index in [0.717, 1.165) is 58.5 Å². The van der Waals surface area contributed by atoms with Crippen molar-refractivity contribution in [3.63, 3.8) is 0 Å². The standard InChI is InChI=1S/C19H33N3O/c1-3-20-13-14-21-18-11-6-12-22-19(18)16(2)8-4-5-9-17-10-7-15-23-17/h10-11,19-22H,2-9,12-15H2,1H3. The molecule has 23 heavy (non-hydrogen) atoms. The maximum absolute atomic E-state index is 5.56. The van der Waals surface area contributed by atoms with Crippen molar-refractivity contribution in [1.82, 2.24) is 16.0 Å². The van der Waals surface area contributed by atoms with Gasteiger partial charge in [0.1, 0.15) is 0 Å². The summed E-state index contributed by atoms with van der Waals surface area (Å²) in [6.45, 7) is 11.4. The summed E-state index contributed by atoms with van der Waals surface area (Å²) in [7, 11) is 0.